The maximum absolute atomic E-state index is 12.3. The average Bonchev–Trinajstić information content (AvgIpc) is 3.01. The molecular formula is C14H17N3O3S. The van der Waals surface area contributed by atoms with Crippen LogP contribution in [0.3, 0.4) is 0 Å². The Labute approximate surface area is 123 Å². The molecule has 2 atom stereocenters. The first-order valence-electron chi connectivity index (χ1n) is 6.89. The Morgan fingerprint density at radius 1 is 1.43 bits per heavy atom. The van der Waals surface area contributed by atoms with Crippen LogP contribution >= 0.6 is 0 Å². The number of aromatic nitrogens is 2. The van der Waals surface area contributed by atoms with Crippen molar-refractivity contribution < 1.29 is 13.2 Å². The van der Waals surface area contributed by atoms with E-state index in [9.17, 15) is 13.2 Å². The fourth-order valence-corrected chi connectivity index (χ4v) is 4.32. The van der Waals surface area contributed by atoms with Crippen molar-refractivity contribution in [3.05, 3.63) is 30.6 Å². The Morgan fingerprint density at radius 3 is 2.90 bits per heavy atom. The molecule has 0 bridgehead atoms. The summed E-state index contributed by atoms with van der Waals surface area (Å²) in [5, 5.41) is 2.82. The van der Waals surface area contributed by atoms with Gasteiger partial charge < -0.3 is 9.88 Å². The standard InChI is InChI=1S/C14H17N3O3S/c1-10(14(18)16-11-6-7-21(19,20)8-11)17-9-15-12-4-2-3-5-13(12)17/h2-5,9-11H,6-8H2,1H3,(H,16,18)/t10-,11-/m1/s1. The van der Waals surface area contributed by atoms with E-state index in [-0.39, 0.29) is 23.5 Å². The highest BCUT2D eigenvalue weighted by Crippen LogP contribution is 2.18. The smallest absolute Gasteiger partial charge is 0.243 e. The molecule has 2 heterocycles. The molecule has 1 amide bonds. The summed E-state index contributed by atoms with van der Waals surface area (Å²) in [4.78, 5) is 16.6. The molecule has 0 aliphatic carbocycles. The van der Waals surface area contributed by atoms with Gasteiger partial charge in [-0.1, -0.05) is 12.1 Å². The second-order valence-electron chi connectivity index (χ2n) is 5.43. The molecule has 1 aromatic heterocycles. The van der Waals surface area contributed by atoms with Crippen LogP contribution in [-0.4, -0.2) is 41.4 Å². The number of nitrogens with zero attached hydrogens (tertiary/aromatic N) is 2. The Balaban J connectivity index is 1.76. The zero-order valence-electron chi connectivity index (χ0n) is 11.7. The van der Waals surface area contributed by atoms with Crippen LogP contribution in [0.25, 0.3) is 11.0 Å². The van der Waals surface area contributed by atoms with Crippen molar-refractivity contribution in [3.8, 4) is 0 Å². The van der Waals surface area contributed by atoms with Crippen LogP contribution in [0, 0.1) is 0 Å². The van der Waals surface area contributed by atoms with E-state index in [0.717, 1.165) is 11.0 Å². The van der Waals surface area contributed by atoms with Gasteiger partial charge in [0.15, 0.2) is 9.84 Å². The van der Waals surface area contributed by atoms with Gasteiger partial charge in [-0.15, -0.1) is 0 Å². The van der Waals surface area contributed by atoms with E-state index in [0.29, 0.717) is 6.42 Å². The minimum Gasteiger partial charge on any atom is -0.351 e. The molecule has 1 fully saturated rings. The number of para-hydroxylation sites is 2. The van der Waals surface area contributed by atoms with Gasteiger partial charge in [0.2, 0.25) is 5.91 Å². The summed E-state index contributed by atoms with van der Waals surface area (Å²) in [7, 11) is -2.99. The number of hydrogen-bond acceptors (Lipinski definition) is 4. The lowest BCUT2D eigenvalue weighted by Gasteiger charge is -2.17. The number of sulfone groups is 1. The van der Waals surface area contributed by atoms with Gasteiger partial charge in [0.05, 0.1) is 28.9 Å². The lowest BCUT2D eigenvalue weighted by molar-refractivity contribution is -0.124. The van der Waals surface area contributed by atoms with Gasteiger partial charge in [0, 0.05) is 6.04 Å². The second-order valence-corrected chi connectivity index (χ2v) is 7.65. The summed E-state index contributed by atoms with van der Waals surface area (Å²) < 4.78 is 24.7. The molecule has 1 aliphatic rings. The van der Waals surface area contributed by atoms with Gasteiger partial charge in [-0.3, -0.25) is 4.79 Å². The third-order valence-corrected chi connectivity index (χ3v) is 5.62. The quantitative estimate of drug-likeness (QED) is 0.913. The van der Waals surface area contributed by atoms with Crippen LogP contribution in [0.1, 0.15) is 19.4 Å². The predicted octanol–water partition coefficient (Wildman–Crippen LogP) is 0.901. The predicted molar refractivity (Wildman–Crippen MR) is 79.6 cm³/mol. The summed E-state index contributed by atoms with van der Waals surface area (Å²) in [5.74, 6) is 0.0106. The maximum Gasteiger partial charge on any atom is 0.243 e. The minimum absolute atomic E-state index is 0.0378. The van der Waals surface area contributed by atoms with Crippen molar-refractivity contribution in [2.75, 3.05) is 11.5 Å². The van der Waals surface area contributed by atoms with Crippen LogP contribution in [0.2, 0.25) is 0 Å². The van der Waals surface area contributed by atoms with Gasteiger partial charge in [0.1, 0.15) is 6.04 Å². The van der Waals surface area contributed by atoms with Crippen LogP contribution in [0.5, 0.6) is 0 Å². The molecular weight excluding hydrogens is 290 g/mol. The number of hydrogen-bond donors (Lipinski definition) is 1. The Bertz CT molecular complexity index is 782. The summed E-state index contributed by atoms with van der Waals surface area (Å²) in [6, 6.07) is 6.88. The van der Waals surface area contributed by atoms with Gasteiger partial charge in [-0.25, -0.2) is 13.4 Å². The van der Waals surface area contributed by atoms with E-state index >= 15 is 0 Å². The molecule has 1 aromatic carbocycles. The van der Waals surface area contributed by atoms with Crippen LogP contribution in [0.4, 0.5) is 0 Å². The average molecular weight is 307 g/mol. The van der Waals surface area contributed by atoms with E-state index in [1.165, 1.54) is 0 Å². The summed E-state index contributed by atoms with van der Waals surface area (Å²) in [5.41, 5.74) is 1.72. The van der Waals surface area contributed by atoms with Gasteiger partial charge in [-0.2, -0.15) is 0 Å². The minimum atomic E-state index is -2.99. The van der Waals surface area contributed by atoms with E-state index in [1.54, 1.807) is 17.8 Å². The molecule has 2 aromatic rings. The maximum atomic E-state index is 12.3. The number of rotatable bonds is 3. The van der Waals surface area contributed by atoms with E-state index in [2.05, 4.69) is 10.3 Å². The molecule has 1 aliphatic heterocycles. The number of fused-ring (bicyclic) bond motifs is 1. The molecule has 1 N–H and O–H groups in total. The largest absolute Gasteiger partial charge is 0.351 e. The third kappa shape index (κ3) is 2.78. The van der Waals surface area contributed by atoms with Gasteiger partial charge in [0.25, 0.3) is 0 Å². The Hall–Kier alpha value is -1.89. The van der Waals surface area contributed by atoms with Gasteiger partial charge >= 0.3 is 0 Å². The van der Waals surface area contributed by atoms with Crippen molar-refractivity contribution in [1.82, 2.24) is 14.9 Å². The molecule has 0 unspecified atom stereocenters. The lowest BCUT2D eigenvalue weighted by atomic mass is 10.2. The van der Waals surface area contributed by atoms with Crippen LogP contribution < -0.4 is 5.32 Å². The van der Waals surface area contributed by atoms with Crippen molar-refractivity contribution in [2.45, 2.75) is 25.4 Å². The highest BCUT2D eigenvalue weighted by Gasteiger charge is 2.30. The molecule has 0 saturated carbocycles. The number of amides is 1. The topological polar surface area (TPSA) is 81.1 Å². The summed E-state index contributed by atoms with van der Waals surface area (Å²) >= 11 is 0. The molecule has 112 valence electrons. The fourth-order valence-electron chi connectivity index (χ4n) is 2.64. The van der Waals surface area contributed by atoms with E-state index < -0.39 is 15.9 Å². The van der Waals surface area contributed by atoms with Crippen molar-refractivity contribution >= 4 is 26.8 Å². The van der Waals surface area contributed by atoms with Crippen molar-refractivity contribution in [1.29, 1.82) is 0 Å². The van der Waals surface area contributed by atoms with Crippen molar-refractivity contribution in [3.63, 3.8) is 0 Å². The molecule has 0 spiro atoms. The van der Waals surface area contributed by atoms with Gasteiger partial charge in [-0.05, 0) is 25.5 Å². The fraction of sp³-hybridized carbons (Fsp3) is 0.429. The number of carbonyl (C=O) groups excluding carboxylic acids is 1. The summed E-state index contributed by atoms with van der Waals surface area (Å²) in [6.45, 7) is 1.78. The third-order valence-electron chi connectivity index (χ3n) is 3.86. The highest BCUT2D eigenvalue weighted by molar-refractivity contribution is 7.91. The molecule has 7 heteroatoms. The highest BCUT2D eigenvalue weighted by atomic mass is 32.2. The monoisotopic (exact) mass is 307 g/mol. The number of imidazole rings is 1. The van der Waals surface area contributed by atoms with E-state index in [1.807, 2.05) is 24.3 Å². The molecule has 1 saturated heterocycles. The Kier molecular flexibility index (Phi) is 3.44. The lowest BCUT2D eigenvalue weighted by Crippen LogP contribution is -2.39. The second kappa shape index (κ2) is 5.14. The first kappa shape index (κ1) is 14.1. The Morgan fingerprint density at radius 2 is 2.19 bits per heavy atom. The summed E-state index contributed by atoms with van der Waals surface area (Å²) in [6.07, 6.45) is 2.13. The SMILES string of the molecule is C[C@H](C(=O)N[C@@H]1CCS(=O)(=O)C1)n1cnc2ccccc21. The zero-order valence-corrected chi connectivity index (χ0v) is 12.5. The zero-order chi connectivity index (χ0) is 15.0. The first-order valence-corrected chi connectivity index (χ1v) is 8.71. The molecule has 3 rings (SSSR count). The molecule has 21 heavy (non-hydrogen) atoms. The van der Waals surface area contributed by atoms with E-state index in [4.69, 9.17) is 0 Å². The molecule has 6 nitrogen and oxygen atoms in total. The number of benzene rings is 1. The molecule has 0 radical (unpaired) electrons. The van der Waals surface area contributed by atoms with Crippen LogP contribution in [0.15, 0.2) is 30.6 Å². The van der Waals surface area contributed by atoms with Crippen molar-refractivity contribution in [2.24, 2.45) is 0 Å². The number of nitrogens with one attached hydrogen (secondary N) is 1. The van der Waals surface area contributed by atoms with Crippen LogP contribution in [-0.2, 0) is 14.6 Å². The normalized spacial score (nSPS) is 22.2. The first-order chi connectivity index (χ1) is 9.96. The number of carbonyl (C=O) groups is 1.